The van der Waals surface area contributed by atoms with Crippen LogP contribution in [-0.2, 0) is 25.4 Å². The fourth-order valence-electron chi connectivity index (χ4n) is 0.617. The Bertz CT molecular complexity index is 196. The fraction of sp³-hybridized carbons (Fsp3) is 0.750. The van der Waals surface area contributed by atoms with E-state index in [1.165, 1.54) is 0 Å². The lowest BCUT2D eigenvalue weighted by atomic mass is 10.4. The van der Waals surface area contributed by atoms with E-state index in [9.17, 15) is 0 Å². The molecule has 5 heteroatoms. The van der Waals surface area contributed by atoms with Crippen LogP contribution in [0.1, 0.15) is 20.8 Å². The van der Waals surface area contributed by atoms with E-state index in [-0.39, 0.29) is 0 Å². The molecular weight excluding hydrogens is 207 g/mol. The van der Waals surface area contributed by atoms with Gasteiger partial charge < -0.3 is 13.6 Å². The highest BCUT2D eigenvalue weighted by Gasteiger charge is 2.18. The Morgan fingerprint density at radius 3 is 2.00 bits per heavy atom. The van der Waals surface area contributed by atoms with Crippen LogP contribution in [0.4, 0.5) is 0 Å². The van der Waals surface area contributed by atoms with Gasteiger partial charge in [-0.2, -0.15) is 0 Å². The van der Waals surface area contributed by atoms with Crippen LogP contribution in [0.5, 0.6) is 0 Å². The molecule has 0 bridgehead atoms. The molecule has 0 amide bonds. The average molecular weight is 224 g/mol. The lowest BCUT2D eigenvalue weighted by Crippen LogP contribution is -2.01. The maximum Gasteiger partial charge on any atom is 0.327 e. The summed E-state index contributed by atoms with van der Waals surface area (Å²) in [7, 11) is 0. The van der Waals surface area contributed by atoms with E-state index in [0.717, 1.165) is 5.57 Å². The van der Waals surface area contributed by atoms with E-state index in [1.54, 1.807) is 0 Å². The molecule has 0 heterocycles. The normalized spacial score (nSPS) is 11.6. The molecule has 0 rings (SSSR count). The van der Waals surface area contributed by atoms with Gasteiger partial charge in [-0.15, -0.1) is 0 Å². The molecule has 0 aromatic heterocycles. The Hall–Kier alpha value is 0.270. The van der Waals surface area contributed by atoms with Gasteiger partial charge in [-0.25, -0.2) is 0 Å². The van der Waals surface area contributed by atoms with Crippen LogP contribution in [0.25, 0.3) is 0 Å². The van der Waals surface area contributed by atoms with Crippen molar-refractivity contribution in [3.8, 4) is 0 Å². The van der Waals surface area contributed by atoms with Gasteiger partial charge in [0, 0.05) is 0 Å². The number of hydrogen-bond donors (Lipinski definition) is 0. The van der Waals surface area contributed by atoms with Crippen molar-refractivity contribution in [3.05, 3.63) is 12.2 Å². The molecule has 0 radical (unpaired) electrons. The molecule has 0 unspecified atom stereocenters. The first-order valence-corrected chi connectivity index (χ1v) is 6.77. The molecule has 0 atom stereocenters. The molecule has 0 aliphatic heterocycles. The molecule has 0 aromatic rings. The summed E-state index contributed by atoms with van der Waals surface area (Å²) < 4.78 is 15.9. The van der Waals surface area contributed by atoms with Gasteiger partial charge >= 0.3 is 6.72 Å². The van der Waals surface area contributed by atoms with Gasteiger partial charge in [0.15, 0.2) is 0 Å². The summed E-state index contributed by atoms with van der Waals surface area (Å²) in [6.45, 7) is 8.23. The summed E-state index contributed by atoms with van der Waals surface area (Å²) in [6.07, 6.45) is 0. The summed E-state index contributed by atoms with van der Waals surface area (Å²) in [6, 6.07) is 0. The summed E-state index contributed by atoms with van der Waals surface area (Å²) in [4.78, 5) is 0. The van der Waals surface area contributed by atoms with Crippen LogP contribution in [0.15, 0.2) is 12.2 Å². The highest BCUT2D eigenvalue weighted by molar-refractivity contribution is 8.07. The van der Waals surface area contributed by atoms with Gasteiger partial charge in [-0.05, 0) is 32.6 Å². The van der Waals surface area contributed by atoms with E-state index in [2.05, 4.69) is 6.58 Å². The smallest absolute Gasteiger partial charge is 0.309 e. The first kappa shape index (κ1) is 13.3. The molecule has 13 heavy (non-hydrogen) atoms. The summed E-state index contributed by atoms with van der Waals surface area (Å²) in [5.41, 5.74) is 0.911. The summed E-state index contributed by atoms with van der Waals surface area (Å²) >= 11 is 5.12. The molecule has 0 aliphatic rings. The molecule has 0 N–H and O–H groups in total. The third-order valence-electron chi connectivity index (χ3n) is 1.04. The predicted octanol–water partition coefficient (Wildman–Crippen LogP) is 2.88. The van der Waals surface area contributed by atoms with Crippen molar-refractivity contribution in [1.82, 2.24) is 0 Å². The molecule has 0 saturated carbocycles. The molecule has 0 aliphatic carbocycles. The van der Waals surface area contributed by atoms with E-state index >= 15 is 0 Å². The van der Waals surface area contributed by atoms with Crippen molar-refractivity contribution in [1.29, 1.82) is 0 Å². The first-order valence-electron chi connectivity index (χ1n) is 4.22. The van der Waals surface area contributed by atoms with Crippen LogP contribution >= 0.6 is 6.72 Å². The van der Waals surface area contributed by atoms with Crippen LogP contribution in [0.3, 0.4) is 0 Å². The number of hydrogen-bond acceptors (Lipinski definition) is 4. The monoisotopic (exact) mass is 224 g/mol. The maximum absolute atomic E-state index is 5.35. The molecule has 78 valence electrons. The zero-order valence-corrected chi connectivity index (χ0v) is 10.1. The standard InChI is InChI=1S/C8H17O3PS/c1-5-9-12(13,10-6-2)11-7-8(3)4/h3,5-7H2,1-2,4H3. The highest BCUT2D eigenvalue weighted by Crippen LogP contribution is 2.49. The lowest BCUT2D eigenvalue weighted by molar-refractivity contribution is 0.176. The largest absolute Gasteiger partial charge is 0.327 e. The van der Waals surface area contributed by atoms with E-state index in [0.29, 0.717) is 19.8 Å². The number of rotatable bonds is 7. The topological polar surface area (TPSA) is 27.7 Å². The lowest BCUT2D eigenvalue weighted by Gasteiger charge is -2.20. The molecule has 3 nitrogen and oxygen atoms in total. The van der Waals surface area contributed by atoms with Gasteiger partial charge in [-0.3, -0.25) is 0 Å². The van der Waals surface area contributed by atoms with Crippen molar-refractivity contribution in [3.63, 3.8) is 0 Å². The van der Waals surface area contributed by atoms with Crippen LogP contribution < -0.4 is 0 Å². The summed E-state index contributed by atoms with van der Waals surface area (Å²) in [5.74, 6) is 0. The Morgan fingerprint density at radius 2 is 1.69 bits per heavy atom. The van der Waals surface area contributed by atoms with Crippen molar-refractivity contribution in [2.75, 3.05) is 19.8 Å². The Balaban J connectivity index is 4.07. The molecular formula is C8H17O3PS. The minimum atomic E-state index is -2.50. The van der Waals surface area contributed by atoms with Gasteiger partial charge in [0.1, 0.15) is 0 Å². The predicted molar refractivity (Wildman–Crippen MR) is 58.3 cm³/mol. The Morgan fingerprint density at radius 1 is 1.23 bits per heavy atom. The van der Waals surface area contributed by atoms with Crippen molar-refractivity contribution in [2.24, 2.45) is 0 Å². The molecule has 0 spiro atoms. The van der Waals surface area contributed by atoms with E-state index in [4.69, 9.17) is 25.4 Å². The van der Waals surface area contributed by atoms with E-state index in [1.807, 2.05) is 20.8 Å². The summed E-state index contributed by atoms with van der Waals surface area (Å²) in [5, 5.41) is 0. The van der Waals surface area contributed by atoms with Crippen molar-refractivity contribution < 1.29 is 13.6 Å². The maximum atomic E-state index is 5.35. The third-order valence-corrected chi connectivity index (χ3v) is 3.59. The van der Waals surface area contributed by atoms with Crippen LogP contribution in [0.2, 0.25) is 0 Å². The Kier molecular flexibility index (Phi) is 6.82. The highest BCUT2D eigenvalue weighted by atomic mass is 32.5. The average Bonchev–Trinajstić information content (AvgIpc) is 2.02. The second-order valence-corrected chi connectivity index (χ2v) is 5.52. The first-order chi connectivity index (χ1) is 6.04. The second-order valence-electron chi connectivity index (χ2n) is 2.51. The minimum Gasteiger partial charge on any atom is -0.309 e. The van der Waals surface area contributed by atoms with Crippen molar-refractivity contribution in [2.45, 2.75) is 20.8 Å². The van der Waals surface area contributed by atoms with Crippen molar-refractivity contribution >= 4 is 18.5 Å². The van der Waals surface area contributed by atoms with Gasteiger partial charge in [0.05, 0.1) is 19.8 Å². The van der Waals surface area contributed by atoms with Gasteiger partial charge in [0.2, 0.25) is 0 Å². The fourth-order valence-corrected chi connectivity index (χ4v) is 2.64. The zero-order valence-electron chi connectivity index (χ0n) is 8.41. The molecule has 0 saturated heterocycles. The van der Waals surface area contributed by atoms with Crippen LogP contribution in [-0.4, -0.2) is 19.8 Å². The Labute approximate surface area is 85.3 Å². The second kappa shape index (κ2) is 6.68. The van der Waals surface area contributed by atoms with Crippen LogP contribution in [0, 0.1) is 0 Å². The quantitative estimate of drug-likeness (QED) is 0.491. The third kappa shape index (κ3) is 6.36. The van der Waals surface area contributed by atoms with Gasteiger partial charge in [-0.1, -0.05) is 12.2 Å². The molecule has 0 aromatic carbocycles. The van der Waals surface area contributed by atoms with E-state index < -0.39 is 6.72 Å². The molecule has 0 fully saturated rings. The van der Waals surface area contributed by atoms with Gasteiger partial charge in [0.25, 0.3) is 0 Å². The minimum absolute atomic E-state index is 0.400. The SMILES string of the molecule is C=C(C)COP(=S)(OCC)OCC. The zero-order chi connectivity index (χ0) is 10.3.